The van der Waals surface area contributed by atoms with Crippen molar-refractivity contribution in [3.8, 4) is 0 Å². The van der Waals surface area contributed by atoms with E-state index in [0.717, 1.165) is 43.2 Å². The highest BCUT2D eigenvalue weighted by Crippen LogP contribution is 2.32. The van der Waals surface area contributed by atoms with Gasteiger partial charge in [0.05, 0.1) is 5.60 Å². The molecule has 0 bridgehead atoms. The smallest absolute Gasteiger partial charge is 0.0821 e. The van der Waals surface area contributed by atoms with Crippen molar-refractivity contribution >= 4 is 21.6 Å². The Morgan fingerprint density at radius 1 is 1.35 bits per heavy atom. The molecule has 4 heteroatoms. The molecule has 3 nitrogen and oxygen atoms in total. The van der Waals surface area contributed by atoms with Crippen LogP contribution in [0.1, 0.15) is 38.2 Å². The zero-order valence-corrected chi connectivity index (χ0v) is 14.0. The molecule has 1 aliphatic rings. The van der Waals surface area contributed by atoms with Crippen molar-refractivity contribution < 1.29 is 5.11 Å². The average molecular weight is 341 g/mol. The van der Waals surface area contributed by atoms with Crippen LogP contribution in [0.15, 0.2) is 22.7 Å². The Morgan fingerprint density at radius 2 is 2.05 bits per heavy atom. The van der Waals surface area contributed by atoms with Crippen molar-refractivity contribution in [2.45, 2.75) is 44.8 Å². The van der Waals surface area contributed by atoms with Crippen LogP contribution in [-0.4, -0.2) is 30.8 Å². The van der Waals surface area contributed by atoms with Crippen LogP contribution in [0.5, 0.6) is 0 Å². The van der Waals surface area contributed by atoms with Gasteiger partial charge in [-0.25, -0.2) is 0 Å². The van der Waals surface area contributed by atoms with Crippen molar-refractivity contribution in [1.82, 2.24) is 5.32 Å². The van der Waals surface area contributed by atoms with Crippen molar-refractivity contribution in [3.05, 3.63) is 28.2 Å². The molecule has 0 aliphatic heterocycles. The van der Waals surface area contributed by atoms with Crippen LogP contribution >= 0.6 is 15.9 Å². The van der Waals surface area contributed by atoms with Crippen LogP contribution in [0.3, 0.4) is 0 Å². The molecule has 0 saturated heterocycles. The van der Waals surface area contributed by atoms with E-state index < -0.39 is 5.60 Å². The second kappa shape index (κ2) is 6.92. The van der Waals surface area contributed by atoms with E-state index in [1.165, 1.54) is 11.3 Å². The Bertz CT molecular complexity index is 444. The summed E-state index contributed by atoms with van der Waals surface area (Å²) in [6.07, 6.45) is 4.15. The Morgan fingerprint density at radius 3 is 2.70 bits per heavy atom. The molecule has 20 heavy (non-hydrogen) atoms. The van der Waals surface area contributed by atoms with E-state index in [2.05, 4.69) is 58.3 Å². The number of aliphatic hydroxyl groups is 1. The third kappa shape index (κ3) is 3.96. The van der Waals surface area contributed by atoms with E-state index in [0.29, 0.717) is 6.54 Å². The second-order valence-electron chi connectivity index (χ2n) is 5.84. The van der Waals surface area contributed by atoms with Crippen LogP contribution in [-0.2, 0) is 6.54 Å². The summed E-state index contributed by atoms with van der Waals surface area (Å²) in [5.41, 5.74) is 1.97. The lowest BCUT2D eigenvalue weighted by Gasteiger charge is -2.31. The van der Waals surface area contributed by atoms with Crippen LogP contribution in [0.25, 0.3) is 0 Å². The van der Waals surface area contributed by atoms with Gasteiger partial charge in [-0.15, -0.1) is 0 Å². The molecule has 0 spiro atoms. The molecule has 1 aliphatic carbocycles. The largest absolute Gasteiger partial charge is 0.388 e. The highest BCUT2D eigenvalue weighted by molar-refractivity contribution is 9.10. The molecule has 1 fully saturated rings. The molecule has 0 unspecified atom stereocenters. The highest BCUT2D eigenvalue weighted by atomic mass is 79.9. The Balaban J connectivity index is 2.13. The minimum Gasteiger partial charge on any atom is -0.388 e. The van der Waals surface area contributed by atoms with Gasteiger partial charge in [0, 0.05) is 30.3 Å². The molecular weight excluding hydrogens is 316 g/mol. The van der Waals surface area contributed by atoms with Gasteiger partial charge in [-0.05, 0) is 43.1 Å². The minimum absolute atomic E-state index is 0.503. The number of halogens is 1. The maximum atomic E-state index is 10.6. The summed E-state index contributed by atoms with van der Waals surface area (Å²) in [6.45, 7) is 4.64. The van der Waals surface area contributed by atoms with Gasteiger partial charge in [-0.3, -0.25) is 0 Å². The summed E-state index contributed by atoms with van der Waals surface area (Å²) in [6, 6.07) is 6.36. The van der Waals surface area contributed by atoms with E-state index in [4.69, 9.17) is 0 Å². The lowest BCUT2D eigenvalue weighted by atomic mass is 10.0. The van der Waals surface area contributed by atoms with Gasteiger partial charge in [0.25, 0.3) is 0 Å². The number of rotatable bonds is 6. The molecule has 0 aromatic heterocycles. The lowest BCUT2D eigenvalue weighted by molar-refractivity contribution is 0.0559. The van der Waals surface area contributed by atoms with E-state index in [9.17, 15) is 5.11 Å². The second-order valence-corrected chi connectivity index (χ2v) is 6.76. The monoisotopic (exact) mass is 340 g/mol. The number of hydrogen-bond donors (Lipinski definition) is 2. The number of likely N-dealkylation sites (N-methyl/N-ethyl adjacent to an activating group) is 1. The van der Waals surface area contributed by atoms with Crippen molar-refractivity contribution in [2.24, 2.45) is 0 Å². The van der Waals surface area contributed by atoms with Gasteiger partial charge in [0.15, 0.2) is 0 Å². The average Bonchev–Trinajstić information content (AvgIpc) is 2.82. The number of benzene rings is 1. The molecule has 1 saturated carbocycles. The van der Waals surface area contributed by atoms with Crippen molar-refractivity contribution in [1.29, 1.82) is 0 Å². The fraction of sp³-hybridized carbons (Fsp3) is 0.625. The Hall–Kier alpha value is -0.580. The maximum Gasteiger partial charge on any atom is 0.0821 e. The summed E-state index contributed by atoms with van der Waals surface area (Å²) >= 11 is 3.54. The summed E-state index contributed by atoms with van der Waals surface area (Å²) < 4.78 is 1.10. The van der Waals surface area contributed by atoms with Crippen LogP contribution in [0.2, 0.25) is 0 Å². The molecular formula is C16H25BrN2O. The first kappa shape index (κ1) is 15.8. The first-order chi connectivity index (χ1) is 9.54. The zero-order valence-electron chi connectivity index (χ0n) is 12.5. The van der Waals surface area contributed by atoms with Gasteiger partial charge >= 0.3 is 0 Å². The molecule has 0 radical (unpaired) electrons. The maximum absolute atomic E-state index is 10.6. The number of nitrogens with zero attached hydrogens (tertiary/aromatic N) is 1. The molecule has 0 atom stereocenters. The Kier molecular flexibility index (Phi) is 5.47. The number of nitrogens with one attached hydrogen (secondary N) is 1. The summed E-state index contributed by atoms with van der Waals surface area (Å²) in [4.78, 5) is 2.20. The van der Waals surface area contributed by atoms with Gasteiger partial charge in [0.1, 0.15) is 0 Å². The molecule has 1 aromatic rings. The zero-order chi connectivity index (χ0) is 14.6. The standard InChI is InChI=1S/C16H25BrN2O/c1-3-18-11-13-10-14(17)6-7-15(13)19(2)12-16(20)8-4-5-9-16/h6-7,10,18,20H,3-5,8-9,11-12H2,1-2H3. The molecule has 2 rings (SSSR count). The van der Waals surface area contributed by atoms with E-state index in [-0.39, 0.29) is 0 Å². The number of hydrogen-bond acceptors (Lipinski definition) is 3. The van der Waals surface area contributed by atoms with Gasteiger partial charge < -0.3 is 15.3 Å². The lowest BCUT2D eigenvalue weighted by Crippen LogP contribution is -2.39. The molecule has 0 heterocycles. The van der Waals surface area contributed by atoms with Gasteiger partial charge in [0.2, 0.25) is 0 Å². The fourth-order valence-corrected chi connectivity index (χ4v) is 3.45. The molecule has 112 valence electrons. The van der Waals surface area contributed by atoms with Gasteiger partial charge in [-0.2, -0.15) is 0 Å². The van der Waals surface area contributed by atoms with E-state index in [1.54, 1.807) is 0 Å². The molecule has 0 amide bonds. The summed E-state index contributed by atoms with van der Waals surface area (Å²) in [7, 11) is 2.08. The molecule has 1 aromatic carbocycles. The van der Waals surface area contributed by atoms with Crippen LogP contribution in [0.4, 0.5) is 5.69 Å². The normalized spacial score (nSPS) is 17.4. The van der Waals surface area contributed by atoms with Crippen LogP contribution < -0.4 is 10.2 Å². The SMILES string of the molecule is CCNCc1cc(Br)ccc1N(C)CC1(O)CCCC1. The van der Waals surface area contributed by atoms with E-state index >= 15 is 0 Å². The summed E-state index contributed by atoms with van der Waals surface area (Å²) in [5, 5.41) is 14.0. The fourth-order valence-electron chi connectivity index (χ4n) is 3.05. The highest BCUT2D eigenvalue weighted by Gasteiger charge is 2.32. The third-order valence-electron chi connectivity index (χ3n) is 4.08. The van der Waals surface area contributed by atoms with E-state index in [1.807, 2.05) is 0 Å². The first-order valence-corrected chi connectivity index (χ1v) is 8.26. The topological polar surface area (TPSA) is 35.5 Å². The third-order valence-corrected chi connectivity index (χ3v) is 4.58. The Labute approximate surface area is 130 Å². The predicted molar refractivity (Wildman–Crippen MR) is 88.2 cm³/mol. The quantitative estimate of drug-likeness (QED) is 0.833. The first-order valence-electron chi connectivity index (χ1n) is 7.47. The molecule has 2 N–H and O–H groups in total. The van der Waals surface area contributed by atoms with Crippen molar-refractivity contribution in [2.75, 3.05) is 25.0 Å². The predicted octanol–water partition coefficient (Wildman–Crippen LogP) is 3.30. The minimum atomic E-state index is -0.503. The van der Waals surface area contributed by atoms with Crippen molar-refractivity contribution in [3.63, 3.8) is 0 Å². The number of anilines is 1. The van der Waals surface area contributed by atoms with Gasteiger partial charge in [-0.1, -0.05) is 35.7 Å². The summed E-state index contributed by atoms with van der Waals surface area (Å²) in [5.74, 6) is 0. The van der Waals surface area contributed by atoms with Crippen LogP contribution in [0, 0.1) is 0 Å².